The maximum atomic E-state index is 14.6. The lowest BCUT2D eigenvalue weighted by Gasteiger charge is -2.11. The third kappa shape index (κ3) is 5.26. The minimum atomic E-state index is -3.04. The molecule has 0 saturated heterocycles. The van der Waals surface area contributed by atoms with Crippen LogP contribution in [0.4, 0.5) is 8.78 Å². The molecule has 11 heteroatoms. The summed E-state index contributed by atoms with van der Waals surface area (Å²) in [5, 5.41) is 27.7. The molecule has 0 atom stereocenters. The summed E-state index contributed by atoms with van der Waals surface area (Å²) in [6.45, 7) is 4.28. The first kappa shape index (κ1) is 24.2. The predicted molar refractivity (Wildman–Crippen MR) is 125 cm³/mol. The first-order valence-electron chi connectivity index (χ1n) is 11.7. The summed E-state index contributed by atoms with van der Waals surface area (Å²) in [6.07, 6.45) is 5.02. The number of nitrogens with one attached hydrogen (secondary N) is 1. The number of hydrogen-bond donors (Lipinski definition) is 1. The van der Waals surface area contributed by atoms with E-state index in [1.165, 1.54) is 0 Å². The van der Waals surface area contributed by atoms with Crippen LogP contribution in [0.15, 0.2) is 36.5 Å². The van der Waals surface area contributed by atoms with Gasteiger partial charge in [0.25, 0.3) is 0 Å². The molecule has 4 rings (SSSR count). The summed E-state index contributed by atoms with van der Waals surface area (Å²) >= 11 is 0. The van der Waals surface area contributed by atoms with Gasteiger partial charge in [0.05, 0.1) is 12.1 Å². The van der Waals surface area contributed by atoms with Gasteiger partial charge < -0.3 is 4.57 Å². The SMILES string of the molecule is CCCCc1nc(C(F)(F)CCCC)nn1Cc1ccc(-n2ccc(C#N)c2-c2nn[nH]n2)cc1. The van der Waals surface area contributed by atoms with Crippen LogP contribution in [-0.4, -0.2) is 40.0 Å². The fourth-order valence-corrected chi connectivity index (χ4v) is 3.85. The zero-order valence-corrected chi connectivity index (χ0v) is 19.7. The Morgan fingerprint density at radius 2 is 1.86 bits per heavy atom. The summed E-state index contributed by atoms with van der Waals surface area (Å²) in [7, 11) is 0. The Morgan fingerprint density at radius 3 is 2.51 bits per heavy atom. The molecule has 9 nitrogen and oxygen atoms in total. The molecular formula is C24H27F2N9. The van der Waals surface area contributed by atoms with Crippen LogP contribution in [0.2, 0.25) is 0 Å². The fourth-order valence-electron chi connectivity index (χ4n) is 3.85. The van der Waals surface area contributed by atoms with E-state index in [0.717, 1.165) is 24.1 Å². The van der Waals surface area contributed by atoms with Crippen molar-refractivity contribution in [3.63, 3.8) is 0 Å². The van der Waals surface area contributed by atoms with E-state index in [-0.39, 0.29) is 6.42 Å². The Labute approximate surface area is 201 Å². The van der Waals surface area contributed by atoms with E-state index >= 15 is 0 Å². The van der Waals surface area contributed by atoms with Crippen molar-refractivity contribution < 1.29 is 8.78 Å². The highest BCUT2D eigenvalue weighted by Gasteiger charge is 2.36. The molecular weight excluding hydrogens is 452 g/mol. The van der Waals surface area contributed by atoms with E-state index in [4.69, 9.17) is 0 Å². The van der Waals surface area contributed by atoms with Gasteiger partial charge in [-0.3, -0.25) is 0 Å². The molecule has 4 aromatic rings. The van der Waals surface area contributed by atoms with Crippen molar-refractivity contribution in [3.8, 4) is 23.3 Å². The van der Waals surface area contributed by atoms with E-state index in [1.807, 2.05) is 35.8 Å². The molecule has 1 aromatic carbocycles. The maximum absolute atomic E-state index is 14.6. The second-order valence-corrected chi connectivity index (χ2v) is 8.38. The molecule has 0 bridgehead atoms. The van der Waals surface area contributed by atoms with Gasteiger partial charge in [-0.15, -0.1) is 15.3 Å². The van der Waals surface area contributed by atoms with Crippen molar-refractivity contribution in [2.45, 2.75) is 64.8 Å². The molecule has 0 aliphatic carbocycles. The normalized spacial score (nSPS) is 11.6. The van der Waals surface area contributed by atoms with Gasteiger partial charge in [0.1, 0.15) is 17.6 Å². The van der Waals surface area contributed by atoms with Crippen LogP contribution in [0.5, 0.6) is 0 Å². The number of aryl methyl sites for hydroxylation is 1. The number of hydrogen-bond acceptors (Lipinski definition) is 6. The van der Waals surface area contributed by atoms with E-state index in [1.54, 1.807) is 16.9 Å². The summed E-state index contributed by atoms with van der Waals surface area (Å²) < 4.78 is 32.7. The quantitative estimate of drug-likeness (QED) is 0.331. The average Bonchev–Trinajstić information content (AvgIpc) is 3.61. The number of alkyl halides is 2. The van der Waals surface area contributed by atoms with Crippen LogP contribution in [0.3, 0.4) is 0 Å². The van der Waals surface area contributed by atoms with Gasteiger partial charge >= 0.3 is 5.92 Å². The average molecular weight is 480 g/mol. The molecule has 0 unspecified atom stereocenters. The summed E-state index contributed by atoms with van der Waals surface area (Å²) in [6, 6.07) is 11.4. The number of aromatic nitrogens is 8. The van der Waals surface area contributed by atoms with E-state index in [0.29, 0.717) is 48.7 Å². The van der Waals surface area contributed by atoms with Crippen LogP contribution >= 0.6 is 0 Å². The molecule has 35 heavy (non-hydrogen) atoms. The van der Waals surface area contributed by atoms with Crippen LogP contribution < -0.4 is 0 Å². The highest BCUT2D eigenvalue weighted by molar-refractivity contribution is 5.64. The Morgan fingerprint density at radius 1 is 1.09 bits per heavy atom. The van der Waals surface area contributed by atoms with Crippen molar-refractivity contribution in [2.75, 3.05) is 0 Å². The first-order valence-corrected chi connectivity index (χ1v) is 11.7. The number of tetrazole rings is 1. The Balaban J connectivity index is 1.60. The Bertz CT molecular complexity index is 1280. The monoisotopic (exact) mass is 479 g/mol. The molecule has 3 heterocycles. The third-order valence-electron chi connectivity index (χ3n) is 5.78. The van der Waals surface area contributed by atoms with Gasteiger partial charge in [0, 0.05) is 24.7 Å². The highest BCUT2D eigenvalue weighted by atomic mass is 19.3. The first-order chi connectivity index (χ1) is 17.0. The van der Waals surface area contributed by atoms with E-state index in [9.17, 15) is 14.0 Å². The van der Waals surface area contributed by atoms with E-state index < -0.39 is 11.7 Å². The summed E-state index contributed by atoms with van der Waals surface area (Å²) in [5.74, 6) is -2.54. The van der Waals surface area contributed by atoms with Crippen LogP contribution in [0, 0.1) is 11.3 Å². The van der Waals surface area contributed by atoms with Crippen LogP contribution in [0.1, 0.15) is 68.7 Å². The number of aromatic amines is 1. The highest BCUT2D eigenvalue weighted by Crippen LogP contribution is 2.31. The molecule has 0 amide bonds. The van der Waals surface area contributed by atoms with Crippen molar-refractivity contribution in [1.29, 1.82) is 5.26 Å². The second-order valence-electron chi connectivity index (χ2n) is 8.38. The number of benzene rings is 1. The maximum Gasteiger partial charge on any atom is 0.308 e. The van der Waals surface area contributed by atoms with Crippen LogP contribution in [-0.2, 0) is 18.9 Å². The molecule has 0 fully saturated rings. The smallest absolute Gasteiger partial charge is 0.308 e. The summed E-state index contributed by atoms with van der Waals surface area (Å²) in [4.78, 5) is 4.23. The molecule has 0 spiro atoms. The third-order valence-corrected chi connectivity index (χ3v) is 5.78. The molecule has 1 N–H and O–H groups in total. The van der Waals surface area contributed by atoms with Gasteiger partial charge in [0.15, 0.2) is 0 Å². The zero-order valence-electron chi connectivity index (χ0n) is 19.7. The Kier molecular flexibility index (Phi) is 7.29. The molecule has 3 aromatic heterocycles. The van der Waals surface area contributed by atoms with Crippen molar-refractivity contribution >= 4 is 0 Å². The molecule has 0 radical (unpaired) electrons. The standard InChI is InChI=1S/C24H27F2N9/c1-3-5-7-20-28-23(24(25,26)13-6-4-2)31-35(20)16-17-8-10-19(11-9-17)34-14-12-18(15-27)21(34)22-29-32-33-30-22/h8-12,14H,3-7,13,16H2,1-2H3,(H,29,30,32,33). The molecule has 182 valence electrons. The molecule has 0 aliphatic rings. The lowest BCUT2D eigenvalue weighted by atomic mass is 10.1. The van der Waals surface area contributed by atoms with E-state index in [2.05, 4.69) is 43.7 Å². The lowest BCUT2D eigenvalue weighted by molar-refractivity contribution is -0.0245. The number of unbranched alkanes of at least 4 members (excludes halogenated alkanes) is 2. The van der Waals surface area contributed by atoms with Gasteiger partial charge in [0.2, 0.25) is 11.6 Å². The van der Waals surface area contributed by atoms with Crippen molar-refractivity contribution in [2.24, 2.45) is 0 Å². The fraction of sp³-hybridized carbons (Fsp3) is 0.417. The number of nitriles is 1. The second kappa shape index (κ2) is 10.5. The number of rotatable bonds is 11. The minimum absolute atomic E-state index is 0.250. The van der Waals surface area contributed by atoms with Gasteiger partial charge in [-0.1, -0.05) is 38.8 Å². The number of halogens is 2. The summed E-state index contributed by atoms with van der Waals surface area (Å²) in [5.41, 5.74) is 2.65. The van der Waals surface area contributed by atoms with Gasteiger partial charge in [-0.25, -0.2) is 9.67 Å². The Hall–Kier alpha value is -3.94. The largest absolute Gasteiger partial charge is 0.313 e. The van der Waals surface area contributed by atoms with Crippen LogP contribution in [0.25, 0.3) is 17.2 Å². The molecule has 0 aliphatic heterocycles. The molecule has 0 saturated carbocycles. The lowest BCUT2D eigenvalue weighted by Crippen LogP contribution is -2.16. The number of H-pyrrole nitrogens is 1. The van der Waals surface area contributed by atoms with Gasteiger partial charge in [-0.05, 0) is 41.8 Å². The number of nitrogens with zero attached hydrogens (tertiary/aromatic N) is 8. The van der Waals surface area contributed by atoms with Crippen molar-refractivity contribution in [3.05, 3.63) is 59.3 Å². The van der Waals surface area contributed by atoms with Gasteiger partial charge in [-0.2, -0.15) is 19.3 Å². The zero-order chi connectivity index (χ0) is 24.8. The minimum Gasteiger partial charge on any atom is -0.313 e. The topological polar surface area (TPSA) is 114 Å². The predicted octanol–water partition coefficient (Wildman–Crippen LogP) is 4.79. The van der Waals surface area contributed by atoms with Crippen molar-refractivity contribution in [1.82, 2.24) is 40.0 Å².